The molecule has 0 fully saturated rings. The second-order valence-electron chi connectivity index (χ2n) is 4.42. The Hall–Kier alpha value is -1.68. The van der Waals surface area contributed by atoms with Crippen molar-refractivity contribution in [3.05, 3.63) is 48.7 Å². The summed E-state index contributed by atoms with van der Waals surface area (Å²) < 4.78 is 5.50. The molecule has 1 heterocycles. The van der Waals surface area contributed by atoms with E-state index in [0.717, 1.165) is 12.0 Å². The standard InChI is InChI=1S/C14H21N3O/c1-6-8-12(7-2)9-13(15-10(3)4)14-17-16-11(5)18-14/h6-8,10,13,15H,1-2,9H2,3-5H3/b12-8+/t13-/m0/s1. The molecule has 18 heavy (non-hydrogen) atoms. The van der Waals surface area contributed by atoms with Crippen LogP contribution < -0.4 is 5.32 Å². The van der Waals surface area contributed by atoms with Crippen molar-refractivity contribution >= 4 is 0 Å². The van der Waals surface area contributed by atoms with Crippen molar-refractivity contribution in [2.75, 3.05) is 0 Å². The van der Waals surface area contributed by atoms with Crippen molar-refractivity contribution in [2.45, 2.75) is 39.3 Å². The lowest BCUT2D eigenvalue weighted by Gasteiger charge is -2.18. The van der Waals surface area contributed by atoms with Crippen LogP contribution in [-0.4, -0.2) is 16.2 Å². The van der Waals surface area contributed by atoms with Crippen LogP contribution in [0.5, 0.6) is 0 Å². The summed E-state index contributed by atoms with van der Waals surface area (Å²) in [4.78, 5) is 0. The highest BCUT2D eigenvalue weighted by molar-refractivity contribution is 5.22. The highest BCUT2D eigenvalue weighted by Gasteiger charge is 2.19. The molecule has 0 aliphatic rings. The molecule has 98 valence electrons. The van der Waals surface area contributed by atoms with Gasteiger partial charge in [-0.2, -0.15) is 0 Å². The summed E-state index contributed by atoms with van der Waals surface area (Å²) in [5, 5.41) is 11.4. The molecule has 1 N–H and O–H groups in total. The van der Waals surface area contributed by atoms with Crippen LogP contribution in [0.4, 0.5) is 0 Å². The van der Waals surface area contributed by atoms with E-state index in [1.807, 2.05) is 12.2 Å². The van der Waals surface area contributed by atoms with Gasteiger partial charge in [-0.1, -0.05) is 45.2 Å². The zero-order valence-corrected chi connectivity index (χ0v) is 11.3. The van der Waals surface area contributed by atoms with Crippen LogP contribution in [0.2, 0.25) is 0 Å². The third-order valence-electron chi connectivity index (χ3n) is 2.41. The Morgan fingerprint density at radius 2 is 2.11 bits per heavy atom. The molecule has 0 spiro atoms. The van der Waals surface area contributed by atoms with E-state index in [-0.39, 0.29) is 6.04 Å². The third-order valence-corrected chi connectivity index (χ3v) is 2.41. The minimum Gasteiger partial charge on any atom is -0.424 e. The summed E-state index contributed by atoms with van der Waals surface area (Å²) in [6, 6.07) is 0.326. The number of aromatic nitrogens is 2. The molecule has 0 aliphatic heterocycles. The summed E-state index contributed by atoms with van der Waals surface area (Å²) in [7, 11) is 0. The van der Waals surface area contributed by atoms with Crippen LogP contribution >= 0.6 is 0 Å². The molecular formula is C14H21N3O. The van der Waals surface area contributed by atoms with Gasteiger partial charge in [0.2, 0.25) is 11.8 Å². The van der Waals surface area contributed by atoms with Crippen molar-refractivity contribution < 1.29 is 4.42 Å². The molecule has 0 bridgehead atoms. The fraction of sp³-hybridized carbons (Fsp3) is 0.429. The average molecular weight is 247 g/mol. The number of aryl methyl sites for hydroxylation is 1. The maximum Gasteiger partial charge on any atom is 0.233 e. The van der Waals surface area contributed by atoms with Gasteiger partial charge in [-0.15, -0.1) is 10.2 Å². The first-order valence-corrected chi connectivity index (χ1v) is 6.07. The summed E-state index contributed by atoms with van der Waals surface area (Å²) in [6.07, 6.45) is 6.25. The van der Waals surface area contributed by atoms with E-state index in [2.05, 4.69) is 42.5 Å². The quantitative estimate of drug-likeness (QED) is 0.752. The lowest BCUT2D eigenvalue weighted by molar-refractivity contribution is 0.366. The van der Waals surface area contributed by atoms with E-state index in [0.29, 0.717) is 17.8 Å². The molecule has 0 saturated carbocycles. The summed E-state index contributed by atoms with van der Waals surface area (Å²) >= 11 is 0. The predicted molar refractivity (Wildman–Crippen MR) is 73.1 cm³/mol. The van der Waals surface area contributed by atoms with Gasteiger partial charge in [0.15, 0.2) is 0 Å². The van der Waals surface area contributed by atoms with Crippen molar-refractivity contribution in [1.82, 2.24) is 15.5 Å². The lowest BCUT2D eigenvalue weighted by Crippen LogP contribution is -2.28. The third kappa shape index (κ3) is 4.30. The van der Waals surface area contributed by atoms with Gasteiger partial charge in [-0.3, -0.25) is 0 Å². The number of allylic oxidation sites excluding steroid dienone is 3. The van der Waals surface area contributed by atoms with E-state index >= 15 is 0 Å². The van der Waals surface area contributed by atoms with Crippen molar-refractivity contribution in [2.24, 2.45) is 0 Å². The number of nitrogens with one attached hydrogen (secondary N) is 1. The number of nitrogens with zero attached hydrogens (tertiary/aromatic N) is 2. The second kappa shape index (κ2) is 6.91. The molecule has 0 unspecified atom stereocenters. The summed E-state index contributed by atoms with van der Waals surface area (Å²) in [6.45, 7) is 13.5. The number of hydrogen-bond acceptors (Lipinski definition) is 4. The van der Waals surface area contributed by atoms with Gasteiger partial charge in [0.1, 0.15) is 0 Å². The van der Waals surface area contributed by atoms with E-state index in [4.69, 9.17) is 4.42 Å². The maximum absolute atomic E-state index is 5.50. The predicted octanol–water partition coefficient (Wildman–Crippen LogP) is 3.11. The number of hydrogen-bond donors (Lipinski definition) is 1. The zero-order valence-electron chi connectivity index (χ0n) is 11.3. The van der Waals surface area contributed by atoms with Crippen molar-refractivity contribution in [3.8, 4) is 0 Å². The topological polar surface area (TPSA) is 51.0 Å². The van der Waals surface area contributed by atoms with E-state index in [1.54, 1.807) is 13.0 Å². The lowest BCUT2D eigenvalue weighted by atomic mass is 10.0. The Morgan fingerprint density at radius 3 is 2.56 bits per heavy atom. The van der Waals surface area contributed by atoms with Crippen LogP contribution in [0.25, 0.3) is 0 Å². The fourth-order valence-electron chi connectivity index (χ4n) is 1.68. The molecule has 0 radical (unpaired) electrons. The molecule has 0 saturated heterocycles. The van der Waals surface area contributed by atoms with Crippen LogP contribution in [0.1, 0.15) is 38.1 Å². The zero-order chi connectivity index (χ0) is 13.5. The molecule has 0 amide bonds. The molecular weight excluding hydrogens is 226 g/mol. The molecule has 0 aliphatic carbocycles. The van der Waals surface area contributed by atoms with Crippen molar-refractivity contribution in [1.29, 1.82) is 0 Å². The maximum atomic E-state index is 5.50. The van der Waals surface area contributed by atoms with Crippen LogP contribution in [0, 0.1) is 6.92 Å². The Bertz CT molecular complexity index is 432. The second-order valence-corrected chi connectivity index (χ2v) is 4.42. The molecule has 1 atom stereocenters. The van der Waals surface area contributed by atoms with E-state index in [1.165, 1.54) is 0 Å². The Morgan fingerprint density at radius 1 is 1.39 bits per heavy atom. The first-order chi connectivity index (χ1) is 8.56. The molecule has 1 rings (SSSR count). The Labute approximate surface area is 108 Å². The average Bonchev–Trinajstić information content (AvgIpc) is 2.73. The first-order valence-electron chi connectivity index (χ1n) is 6.07. The van der Waals surface area contributed by atoms with Gasteiger partial charge in [0.25, 0.3) is 0 Å². The van der Waals surface area contributed by atoms with Crippen molar-refractivity contribution in [3.63, 3.8) is 0 Å². The molecule has 4 nitrogen and oxygen atoms in total. The largest absolute Gasteiger partial charge is 0.424 e. The highest BCUT2D eigenvalue weighted by Crippen LogP contribution is 2.21. The van der Waals surface area contributed by atoms with E-state index in [9.17, 15) is 0 Å². The van der Waals surface area contributed by atoms with Gasteiger partial charge in [-0.25, -0.2) is 0 Å². The minimum atomic E-state index is -0.00426. The van der Waals surface area contributed by atoms with Gasteiger partial charge in [0.05, 0.1) is 6.04 Å². The van der Waals surface area contributed by atoms with Gasteiger partial charge < -0.3 is 9.73 Å². The van der Waals surface area contributed by atoms with Gasteiger partial charge in [-0.05, 0) is 12.0 Å². The molecule has 0 aromatic carbocycles. The SMILES string of the molecule is C=C/C=C(\C=C)C[C@H](NC(C)C)c1nnc(C)o1. The first kappa shape index (κ1) is 14.4. The monoisotopic (exact) mass is 247 g/mol. The minimum absolute atomic E-state index is 0.00426. The van der Waals surface area contributed by atoms with Crippen LogP contribution in [-0.2, 0) is 0 Å². The van der Waals surface area contributed by atoms with Crippen LogP contribution in [0.15, 0.2) is 41.4 Å². The molecule has 1 aromatic heterocycles. The Kier molecular flexibility index (Phi) is 5.52. The van der Waals surface area contributed by atoms with Gasteiger partial charge >= 0.3 is 0 Å². The van der Waals surface area contributed by atoms with E-state index < -0.39 is 0 Å². The summed E-state index contributed by atoms with van der Waals surface area (Å²) in [5.74, 6) is 1.19. The summed E-state index contributed by atoms with van der Waals surface area (Å²) in [5.41, 5.74) is 1.08. The van der Waals surface area contributed by atoms with Crippen LogP contribution in [0.3, 0.4) is 0 Å². The number of rotatable bonds is 7. The Balaban J connectivity index is 2.88. The normalized spacial score (nSPS) is 13.7. The van der Waals surface area contributed by atoms with Gasteiger partial charge in [0, 0.05) is 13.0 Å². The smallest absolute Gasteiger partial charge is 0.233 e. The molecule has 1 aromatic rings. The fourth-order valence-corrected chi connectivity index (χ4v) is 1.68. The highest BCUT2D eigenvalue weighted by atomic mass is 16.4. The molecule has 4 heteroatoms.